The molecule has 0 saturated carbocycles. The molecule has 3 aromatic rings. The third-order valence-electron chi connectivity index (χ3n) is 4.20. The Kier molecular flexibility index (Phi) is 3.86. The molecule has 0 unspecified atom stereocenters. The van der Waals surface area contributed by atoms with Crippen LogP contribution >= 0.6 is 0 Å². The van der Waals surface area contributed by atoms with E-state index in [0.29, 0.717) is 18.3 Å². The fraction of sp³-hybridized carbons (Fsp3) is 0.412. The second-order valence-corrected chi connectivity index (χ2v) is 6.36. The zero-order valence-electron chi connectivity index (χ0n) is 13.9. The second-order valence-electron chi connectivity index (χ2n) is 6.36. The van der Waals surface area contributed by atoms with E-state index in [9.17, 15) is 0 Å². The first-order valence-electron chi connectivity index (χ1n) is 8.23. The molecule has 4 rings (SSSR count). The van der Waals surface area contributed by atoms with Gasteiger partial charge in [0.1, 0.15) is 5.82 Å². The van der Waals surface area contributed by atoms with E-state index in [1.54, 1.807) is 0 Å². The molecule has 0 spiro atoms. The van der Waals surface area contributed by atoms with Gasteiger partial charge in [0.05, 0.1) is 13.1 Å². The van der Waals surface area contributed by atoms with Crippen LogP contribution in [0.15, 0.2) is 34.7 Å². The average molecular weight is 324 g/mol. The van der Waals surface area contributed by atoms with Crippen molar-refractivity contribution in [2.45, 2.75) is 39.4 Å². The van der Waals surface area contributed by atoms with E-state index in [1.807, 2.05) is 32.0 Å². The van der Waals surface area contributed by atoms with Crippen molar-refractivity contribution in [2.75, 3.05) is 6.54 Å². The smallest absolute Gasteiger partial charge is 0.230 e. The molecule has 0 saturated heterocycles. The third-order valence-corrected chi connectivity index (χ3v) is 4.20. The monoisotopic (exact) mass is 324 g/mol. The highest BCUT2D eigenvalue weighted by molar-refractivity contribution is 5.55. The fourth-order valence-electron chi connectivity index (χ4n) is 2.90. The van der Waals surface area contributed by atoms with Crippen LogP contribution < -0.4 is 0 Å². The van der Waals surface area contributed by atoms with Gasteiger partial charge in [0.25, 0.3) is 0 Å². The van der Waals surface area contributed by atoms with Gasteiger partial charge in [-0.1, -0.05) is 44.2 Å². The Hall–Kier alpha value is -2.54. The summed E-state index contributed by atoms with van der Waals surface area (Å²) in [6, 6.07) is 10.2. The Morgan fingerprint density at radius 1 is 1.04 bits per heavy atom. The fourth-order valence-corrected chi connectivity index (χ4v) is 2.90. The van der Waals surface area contributed by atoms with Gasteiger partial charge in [0.2, 0.25) is 11.8 Å². The van der Waals surface area contributed by atoms with Crippen molar-refractivity contribution in [3.8, 4) is 11.4 Å². The molecule has 7 nitrogen and oxygen atoms in total. The molecule has 0 aliphatic carbocycles. The minimum absolute atomic E-state index is 0.254. The van der Waals surface area contributed by atoms with E-state index in [2.05, 4.69) is 42.0 Å². The molecule has 24 heavy (non-hydrogen) atoms. The summed E-state index contributed by atoms with van der Waals surface area (Å²) in [4.78, 5) is 2.26. The maximum Gasteiger partial charge on any atom is 0.230 e. The van der Waals surface area contributed by atoms with Gasteiger partial charge in [-0.15, -0.1) is 20.4 Å². The van der Waals surface area contributed by atoms with Gasteiger partial charge in [-0.3, -0.25) is 4.90 Å². The van der Waals surface area contributed by atoms with Gasteiger partial charge < -0.3 is 8.98 Å². The van der Waals surface area contributed by atoms with Gasteiger partial charge in [-0.2, -0.15) is 0 Å². The number of aromatic nitrogens is 5. The van der Waals surface area contributed by atoms with E-state index in [4.69, 9.17) is 4.42 Å². The van der Waals surface area contributed by atoms with Gasteiger partial charge in [0, 0.05) is 24.6 Å². The van der Waals surface area contributed by atoms with Crippen LogP contribution in [0.3, 0.4) is 0 Å². The Morgan fingerprint density at radius 3 is 2.62 bits per heavy atom. The van der Waals surface area contributed by atoms with Crippen molar-refractivity contribution >= 4 is 0 Å². The molecule has 0 amide bonds. The highest BCUT2D eigenvalue weighted by Gasteiger charge is 2.23. The molecule has 124 valence electrons. The number of benzene rings is 1. The van der Waals surface area contributed by atoms with Gasteiger partial charge in [-0.25, -0.2) is 0 Å². The molecular formula is C17H20N6O. The Morgan fingerprint density at radius 2 is 1.88 bits per heavy atom. The summed E-state index contributed by atoms with van der Waals surface area (Å²) in [7, 11) is 0. The summed E-state index contributed by atoms with van der Waals surface area (Å²) in [5.41, 5.74) is 1.10. The van der Waals surface area contributed by atoms with Crippen LogP contribution in [-0.2, 0) is 19.6 Å². The Labute approximate surface area is 140 Å². The van der Waals surface area contributed by atoms with Crippen molar-refractivity contribution < 1.29 is 4.42 Å². The van der Waals surface area contributed by atoms with Crippen LogP contribution in [0, 0.1) is 0 Å². The summed E-state index contributed by atoms with van der Waals surface area (Å²) in [5, 5.41) is 17.0. The van der Waals surface area contributed by atoms with E-state index in [-0.39, 0.29) is 5.92 Å². The van der Waals surface area contributed by atoms with Crippen LogP contribution in [0.25, 0.3) is 11.4 Å². The number of hydrogen-bond acceptors (Lipinski definition) is 6. The lowest BCUT2D eigenvalue weighted by Crippen LogP contribution is -2.33. The summed E-state index contributed by atoms with van der Waals surface area (Å²) >= 11 is 0. The minimum Gasteiger partial charge on any atom is -0.424 e. The first-order valence-corrected chi connectivity index (χ1v) is 8.23. The standard InChI is InChI=1S/C17H20N6O/c1-12(2)17-21-19-15(24-17)11-22-8-9-23-14(10-22)18-20-16(23)13-6-4-3-5-7-13/h3-7,12H,8-11H2,1-2H3. The minimum atomic E-state index is 0.254. The first-order chi connectivity index (χ1) is 11.7. The topological polar surface area (TPSA) is 72.9 Å². The molecule has 0 radical (unpaired) electrons. The molecule has 1 aliphatic heterocycles. The molecule has 0 fully saturated rings. The normalized spacial score (nSPS) is 15.0. The summed E-state index contributed by atoms with van der Waals surface area (Å²) < 4.78 is 7.90. The van der Waals surface area contributed by atoms with Gasteiger partial charge in [0.15, 0.2) is 5.82 Å². The molecule has 0 bridgehead atoms. The van der Waals surface area contributed by atoms with E-state index in [0.717, 1.165) is 36.8 Å². The van der Waals surface area contributed by atoms with E-state index >= 15 is 0 Å². The zero-order chi connectivity index (χ0) is 16.5. The number of fused-ring (bicyclic) bond motifs is 1. The lowest BCUT2D eigenvalue weighted by molar-refractivity contribution is 0.189. The van der Waals surface area contributed by atoms with Crippen LogP contribution in [0.2, 0.25) is 0 Å². The summed E-state index contributed by atoms with van der Waals surface area (Å²) in [6.07, 6.45) is 0. The first kappa shape index (κ1) is 15.0. The molecule has 7 heteroatoms. The maximum absolute atomic E-state index is 5.70. The highest BCUT2D eigenvalue weighted by Crippen LogP contribution is 2.22. The average Bonchev–Trinajstić information content (AvgIpc) is 3.22. The Balaban J connectivity index is 1.49. The molecule has 1 aliphatic rings. The largest absolute Gasteiger partial charge is 0.424 e. The maximum atomic E-state index is 5.70. The molecule has 1 aromatic carbocycles. The molecular weight excluding hydrogens is 304 g/mol. The molecule has 0 N–H and O–H groups in total. The van der Waals surface area contributed by atoms with Crippen molar-refractivity contribution in [1.29, 1.82) is 0 Å². The number of nitrogens with zero attached hydrogens (tertiary/aromatic N) is 6. The molecule has 2 aromatic heterocycles. The van der Waals surface area contributed by atoms with Crippen molar-refractivity contribution in [3.63, 3.8) is 0 Å². The SMILES string of the molecule is CC(C)c1nnc(CN2CCn3c(nnc3-c3ccccc3)C2)o1. The number of hydrogen-bond donors (Lipinski definition) is 0. The number of rotatable bonds is 4. The van der Waals surface area contributed by atoms with E-state index < -0.39 is 0 Å². The van der Waals surface area contributed by atoms with Crippen LogP contribution in [0.4, 0.5) is 0 Å². The van der Waals surface area contributed by atoms with E-state index in [1.165, 1.54) is 0 Å². The predicted octanol–water partition coefficient (Wildman–Crippen LogP) is 2.47. The van der Waals surface area contributed by atoms with Crippen molar-refractivity contribution in [2.24, 2.45) is 0 Å². The molecule has 3 heterocycles. The lowest BCUT2D eigenvalue weighted by Gasteiger charge is -2.26. The van der Waals surface area contributed by atoms with Gasteiger partial charge in [-0.05, 0) is 0 Å². The quantitative estimate of drug-likeness (QED) is 0.734. The van der Waals surface area contributed by atoms with Crippen LogP contribution in [0.1, 0.15) is 37.4 Å². The molecule has 0 atom stereocenters. The highest BCUT2D eigenvalue weighted by atomic mass is 16.4. The van der Waals surface area contributed by atoms with Crippen LogP contribution in [0.5, 0.6) is 0 Å². The second kappa shape index (κ2) is 6.16. The van der Waals surface area contributed by atoms with Gasteiger partial charge >= 0.3 is 0 Å². The van der Waals surface area contributed by atoms with Crippen molar-refractivity contribution in [3.05, 3.63) is 47.9 Å². The lowest BCUT2D eigenvalue weighted by atomic mass is 10.2. The summed E-state index contributed by atoms with van der Waals surface area (Å²) in [5.74, 6) is 3.52. The summed E-state index contributed by atoms with van der Waals surface area (Å²) in [6.45, 7) is 7.24. The van der Waals surface area contributed by atoms with Crippen molar-refractivity contribution in [1.82, 2.24) is 29.9 Å². The Bertz CT molecular complexity index is 823. The predicted molar refractivity (Wildman–Crippen MR) is 88.0 cm³/mol. The zero-order valence-corrected chi connectivity index (χ0v) is 13.9. The van der Waals surface area contributed by atoms with Crippen LogP contribution in [-0.4, -0.2) is 36.4 Å². The third kappa shape index (κ3) is 2.82.